The Morgan fingerprint density at radius 1 is 0.658 bits per heavy atom. The molecule has 1 aromatic heterocycles. The van der Waals surface area contributed by atoms with Gasteiger partial charge in [-0.25, -0.2) is 0 Å². The molecule has 0 aliphatic heterocycles. The predicted octanol–water partition coefficient (Wildman–Crippen LogP) is 11.1. The van der Waals surface area contributed by atoms with Crippen molar-refractivity contribution in [1.82, 2.24) is 4.98 Å². The van der Waals surface area contributed by atoms with E-state index in [1.54, 1.807) is 0 Å². The summed E-state index contributed by atoms with van der Waals surface area (Å²) in [6.45, 7) is 16.9. The summed E-state index contributed by atoms with van der Waals surface area (Å²) in [6, 6.07) is 34.3. The van der Waals surface area contributed by atoms with E-state index in [4.69, 9.17) is 10.3 Å². The summed E-state index contributed by atoms with van der Waals surface area (Å²) in [4.78, 5) is 5.04. The van der Waals surface area contributed by atoms with E-state index in [2.05, 4.69) is 88.4 Å². The fraction of sp³-hybridized carbons (Fsp3) is 0.314. The molecule has 1 unspecified atom stereocenters. The van der Waals surface area contributed by atoms with Crippen LogP contribution in [-0.4, -0.2) is 4.98 Å². The molecular weight excluding hydrogens is 627 g/mol. The second-order valence-corrected chi connectivity index (χ2v) is 8.76. The van der Waals surface area contributed by atoms with E-state index in [-0.39, 0.29) is 39.3 Å². The molecule has 0 spiro atoms. The van der Waals surface area contributed by atoms with Crippen molar-refractivity contribution in [2.45, 2.75) is 73.3 Å². The number of para-hydroxylation sites is 1. The average Bonchev–Trinajstić information content (AvgIpc) is 2.94. The van der Waals surface area contributed by atoms with Crippen molar-refractivity contribution in [3.8, 4) is 11.3 Å². The molecule has 4 rings (SSSR count). The first-order chi connectivity index (χ1) is 17.5. The number of hydrogen-bond donors (Lipinski definition) is 0. The Morgan fingerprint density at radius 3 is 1.74 bits per heavy atom. The van der Waals surface area contributed by atoms with E-state index in [9.17, 15) is 0 Å². The molecule has 0 N–H and O–H groups in total. The average molecular weight is 672 g/mol. The van der Waals surface area contributed by atoms with Gasteiger partial charge in [-0.15, -0.1) is 41.6 Å². The molecule has 4 aromatic rings. The van der Waals surface area contributed by atoms with Gasteiger partial charge in [-0.2, -0.15) is 0 Å². The number of aromatic nitrogens is 1. The summed E-state index contributed by atoms with van der Waals surface area (Å²) in [5, 5.41) is 5.40. The first kappa shape index (κ1) is 35.5. The summed E-state index contributed by atoms with van der Waals surface area (Å²) >= 11 is 0. The van der Waals surface area contributed by atoms with E-state index in [0.29, 0.717) is 11.8 Å². The maximum Gasteiger partial charge on any atom is 0.0195 e. The Morgan fingerprint density at radius 2 is 1.21 bits per heavy atom. The number of rotatable bonds is 7. The van der Waals surface area contributed by atoms with Crippen LogP contribution >= 0.6 is 0 Å². The Hall–Kier alpha value is -2.52. The van der Waals surface area contributed by atoms with Crippen LogP contribution in [-0.2, 0) is 25.8 Å². The minimum Gasteiger partial charge on any atom is -0.673 e. The number of hydrogen-bond acceptors (Lipinski definition) is 1. The van der Waals surface area contributed by atoms with Gasteiger partial charge in [0.25, 0.3) is 0 Å². The molecule has 1 heterocycles. The molecule has 0 saturated heterocycles. The van der Waals surface area contributed by atoms with Crippen molar-refractivity contribution >= 4 is 5.69 Å². The van der Waals surface area contributed by atoms with Crippen LogP contribution in [0.1, 0.15) is 95.7 Å². The van der Waals surface area contributed by atoms with Gasteiger partial charge < -0.3 is 17.7 Å². The number of nitrogens with zero attached hydrogens (tertiary/aromatic N) is 2. The molecule has 0 radical (unpaired) electrons. The number of pyridine rings is 1. The standard InChI is InChI=1S/C30H30N2.2C2H6.CH3.Hf/c1-21(2)25-17-11-18-26(22(3)4)30(25)32-29(24-15-9-6-10-16-24)28-20-12-19-27(31-28)23-13-7-5-8-14-23;2*1-2;;/h5-13,15-22,29H,1-4H3;2*1-2H3;1H3;/q-2;;;-1;. The van der Waals surface area contributed by atoms with Gasteiger partial charge in [-0.1, -0.05) is 133 Å². The molecule has 0 aliphatic rings. The fourth-order valence-electron chi connectivity index (χ4n) is 4.04. The van der Waals surface area contributed by atoms with Gasteiger partial charge in [-0.3, -0.25) is 0 Å². The maximum atomic E-state index is 5.40. The van der Waals surface area contributed by atoms with Gasteiger partial charge in [0.1, 0.15) is 0 Å². The van der Waals surface area contributed by atoms with Crippen molar-refractivity contribution in [2.75, 3.05) is 0 Å². The van der Waals surface area contributed by atoms with Gasteiger partial charge in [0.05, 0.1) is 0 Å². The molecule has 3 aromatic carbocycles. The number of benzene rings is 3. The van der Waals surface area contributed by atoms with Crippen LogP contribution in [0.15, 0.2) is 91.0 Å². The van der Waals surface area contributed by atoms with Crippen molar-refractivity contribution < 1.29 is 25.8 Å². The Kier molecular flexibility index (Phi) is 17.4. The molecule has 0 amide bonds. The van der Waals surface area contributed by atoms with E-state index >= 15 is 0 Å². The van der Waals surface area contributed by atoms with Crippen LogP contribution < -0.4 is 0 Å². The van der Waals surface area contributed by atoms with Crippen LogP contribution in [0.2, 0.25) is 0 Å². The zero-order chi connectivity index (χ0) is 26.5. The fourth-order valence-corrected chi connectivity index (χ4v) is 4.04. The summed E-state index contributed by atoms with van der Waals surface area (Å²) in [7, 11) is 0. The first-order valence-electron chi connectivity index (χ1n) is 13.4. The molecule has 38 heavy (non-hydrogen) atoms. The molecule has 3 heteroatoms. The second kappa shape index (κ2) is 18.7. The van der Waals surface area contributed by atoms with Crippen molar-refractivity contribution in [2.24, 2.45) is 0 Å². The smallest absolute Gasteiger partial charge is 0.0195 e. The maximum absolute atomic E-state index is 5.40. The molecule has 0 aliphatic carbocycles. The third-order valence-electron chi connectivity index (χ3n) is 5.75. The van der Waals surface area contributed by atoms with E-state index < -0.39 is 0 Å². The van der Waals surface area contributed by atoms with Crippen LogP contribution in [0, 0.1) is 13.5 Å². The molecule has 1 atom stereocenters. The molecular formula is C35H45HfN2-3. The molecule has 0 fully saturated rings. The summed E-state index contributed by atoms with van der Waals surface area (Å²) < 4.78 is 0. The SMILES string of the molecule is CC.CC.CC(C)c1cccc(C(C)C)c1[N-]C(c1ccccc1)c1cccc(-c2[c-]cccc2)n1.[CH3-].[Hf]. The largest absolute Gasteiger partial charge is 0.673 e. The Labute approximate surface area is 252 Å². The summed E-state index contributed by atoms with van der Waals surface area (Å²) in [5.41, 5.74) is 7.66. The zero-order valence-electron chi connectivity index (χ0n) is 24.8. The molecule has 202 valence electrons. The van der Waals surface area contributed by atoms with E-state index in [1.807, 2.05) is 64.1 Å². The van der Waals surface area contributed by atoms with E-state index in [0.717, 1.165) is 28.2 Å². The topological polar surface area (TPSA) is 27.0 Å². The third-order valence-corrected chi connectivity index (χ3v) is 5.75. The summed E-state index contributed by atoms with van der Waals surface area (Å²) in [6.07, 6.45) is 0. The molecule has 2 nitrogen and oxygen atoms in total. The normalized spacial score (nSPS) is 10.6. The minimum atomic E-state index is -0.183. The zero-order valence-corrected chi connectivity index (χ0v) is 28.4. The van der Waals surface area contributed by atoms with E-state index in [1.165, 1.54) is 11.1 Å². The summed E-state index contributed by atoms with van der Waals surface area (Å²) in [5.74, 6) is 0.782. The van der Waals surface area contributed by atoms with Crippen LogP contribution in [0.4, 0.5) is 5.69 Å². The van der Waals surface area contributed by atoms with Gasteiger partial charge in [0.2, 0.25) is 0 Å². The van der Waals surface area contributed by atoms with Crippen molar-refractivity contribution in [1.29, 1.82) is 0 Å². The van der Waals surface area contributed by atoms with Crippen LogP contribution in [0.3, 0.4) is 0 Å². The minimum absolute atomic E-state index is 0. The van der Waals surface area contributed by atoms with Crippen molar-refractivity contribution in [3.63, 3.8) is 0 Å². The van der Waals surface area contributed by atoms with Gasteiger partial charge >= 0.3 is 0 Å². The second-order valence-electron chi connectivity index (χ2n) is 8.76. The molecule has 0 bridgehead atoms. The Balaban J connectivity index is 0.00000218. The van der Waals surface area contributed by atoms with Crippen molar-refractivity contribution in [3.05, 3.63) is 132 Å². The quantitative estimate of drug-likeness (QED) is 0.142. The monoisotopic (exact) mass is 673 g/mol. The van der Waals surface area contributed by atoms with Crippen LogP contribution in [0.5, 0.6) is 0 Å². The van der Waals surface area contributed by atoms with Gasteiger partial charge in [0.15, 0.2) is 0 Å². The first-order valence-corrected chi connectivity index (χ1v) is 13.4. The van der Waals surface area contributed by atoms with Crippen LogP contribution in [0.25, 0.3) is 16.6 Å². The molecule has 0 saturated carbocycles. The Bertz CT molecular complexity index is 1130. The third kappa shape index (κ3) is 9.34. The predicted molar refractivity (Wildman–Crippen MR) is 164 cm³/mol. The van der Waals surface area contributed by atoms with Gasteiger partial charge in [-0.05, 0) is 29.6 Å². The van der Waals surface area contributed by atoms with Gasteiger partial charge in [0, 0.05) is 31.5 Å².